The molecule has 10 nitrogen and oxygen atoms in total. The van der Waals surface area contributed by atoms with Gasteiger partial charge in [-0.15, -0.1) is 5.10 Å². The van der Waals surface area contributed by atoms with Crippen LogP contribution < -0.4 is 4.90 Å². The molecule has 0 unspecified atom stereocenters. The highest BCUT2D eigenvalue weighted by Crippen LogP contribution is 2.34. The van der Waals surface area contributed by atoms with Gasteiger partial charge >= 0.3 is 5.97 Å². The lowest BCUT2D eigenvalue weighted by Crippen LogP contribution is -2.43. The van der Waals surface area contributed by atoms with Crippen LogP contribution in [0.4, 0.5) is 14.6 Å². The quantitative estimate of drug-likeness (QED) is 0.441. The van der Waals surface area contributed by atoms with Gasteiger partial charge in [-0.05, 0) is 25.8 Å². The molecule has 0 atom stereocenters. The van der Waals surface area contributed by atoms with Crippen LogP contribution in [0, 0.1) is 17.0 Å². The lowest BCUT2D eigenvalue weighted by Gasteiger charge is -2.37. The number of carboxylic acid groups (broad SMARTS) is 1. The van der Waals surface area contributed by atoms with Crippen LogP contribution in [0.3, 0.4) is 0 Å². The second-order valence-corrected chi connectivity index (χ2v) is 8.61. The van der Waals surface area contributed by atoms with E-state index in [2.05, 4.69) is 25.2 Å². The Balaban J connectivity index is 1.48. The van der Waals surface area contributed by atoms with E-state index < -0.39 is 23.0 Å². The minimum atomic E-state index is -0.869. The first-order chi connectivity index (χ1) is 16.8. The number of aliphatic carboxylic acids is 1. The van der Waals surface area contributed by atoms with Gasteiger partial charge in [0.2, 0.25) is 11.6 Å². The predicted molar refractivity (Wildman–Crippen MR) is 119 cm³/mol. The normalized spacial score (nSPS) is 15.3. The predicted octanol–water partition coefficient (Wildman–Crippen LogP) is 3.41. The molecule has 0 radical (unpaired) electrons. The van der Waals surface area contributed by atoms with Crippen molar-refractivity contribution in [1.29, 1.82) is 0 Å². The van der Waals surface area contributed by atoms with Crippen LogP contribution in [-0.4, -0.2) is 54.1 Å². The van der Waals surface area contributed by atoms with E-state index in [0.29, 0.717) is 43.0 Å². The van der Waals surface area contributed by atoms with Crippen LogP contribution in [-0.2, 0) is 11.3 Å². The van der Waals surface area contributed by atoms with E-state index >= 15 is 0 Å². The van der Waals surface area contributed by atoms with Gasteiger partial charge in [-0.1, -0.05) is 23.4 Å². The Hall–Kier alpha value is -4.22. The molecule has 180 valence electrons. The highest BCUT2D eigenvalue weighted by Gasteiger charge is 2.38. The molecule has 1 aliphatic heterocycles. The molecule has 35 heavy (non-hydrogen) atoms. The number of hydrogen-bond donors (Lipinski definition) is 1. The highest BCUT2D eigenvalue weighted by atomic mass is 19.1. The van der Waals surface area contributed by atoms with Gasteiger partial charge in [-0.3, -0.25) is 4.79 Å². The van der Waals surface area contributed by atoms with Crippen molar-refractivity contribution in [3.8, 4) is 23.2 Å². The van der Waals surface area contributed by atoms with Crippen molar-refractivity contribution < 1.29 is 23.2 Å². The molecule has 0 saturated carbocycles. The van der Waals surface area contributed by atoms with Crippen molar-refractivity contribution in [3.05, 3.63) is 60.0 Å². The lowest BCUT2D eigenvalue weighted by atomic mass is 9.80. The molecule has 1 fully saturated rings. The second-order valence-electron chi connectivity index (χ2n) is 8.61. The molecule has 3 aromatic heterocycles. The minimum absolute atomic E-state index is 0.0517. The first-order valence-corrected chi connectivity index (χ1v) is 10.9. The van der Waals surface area contributed by atoms with Gasteiger partial charge < -0.3 is 14.5 Å². The van der Waals surface area contributed by atoms with E-state index in [0.717, 1.165) is 6.20 Å². The molecule has 0 amide bonds. The number of benzene rings is 1. The molecule has 1 aromatic carbocycles. The minimum Gasteiger partial charge on any atom is -0.481 e. The van der Waals surface area contributed by atoms with Crippen LogP contribution in [0.15, 0.2) is 47.3 Å². The van der Waals surface area contributed by atoms with Gasteiger partial charge in [-0.25, -0.2) is 28.4 Å². The highest BCUT2D eigenvalue weighted by molar-refractivity contribution is 5.74. The third kappa shape index (κ3) is 4.34. The molecule has 4 aromatic rings. The molecule has 4 heterocycles. The Labute approximate surface area is 198 Å². The molecule has 5 rings (SSSR count). The summed E-state index contributed by atoms with van der Waals surface area (Å²) in [5.74, 6) is -1.36. The second kappa shape index (κ2) is 8.85. The molecular weight excluding hydrogens is 460 g/mol. The third-order valence-electron chi connectivity index (χ3n) is 6.23. The zero-order chi connectivity index (χ0) is 24.6. The van der Waals surface area contributed by atoms with Crippen molar-refractivity contribution in [2.75, 3.05) is 18.0 Å². The zero-order valence-corrected chi connectivity index (χ0v) is 18.7. The number of aromatic nitrogens is 6. The summed E-state index contributed by atoms with van der Waals surface area (Å²) in [7, 11) is 0. The molecule has 12 heteroatoms. The topological polar surface area (TPSA) is 123 Å². The number of carboxylic acids is 1. The summed E-state index contributed by atoms with van der Waals surface area (Å²) >= 11 is 0. The Morgan fingerprint density at radius 2 is 1.89 bits per heavy atom. The number of rotatable bonds is 6. The van der Waals surface area contributed by atoms with Gasteiger partial charge in [0, 0.05) is 24.7 Å². The molecule has 1 saturated heterocycles. The Kier molecular flexibility index (Phi) is 5.71. The van der Waals surface area contributed by atoms with Crippen LogP contribution in [0.2, 0.25) is 0 Å². The molecule has 0 spiro atoms. The number of anilines is 1. The van der Waals surface area contributed by atoms with Crippen LogP contribution in [0.25, 0.3) is 23.2 Å². The van der Waals surface area contributed by atoms with Crippen LogP contribution in [0.5, 0.6) is 0 Å². The zero-order valence-electron chi connectivity index (χ0n) is 18.7. The summed E-state index contributed by atoms with van der Waals surface area (Å²) < 4.78 is 35.3. The van der Waals surface area contributed by atoms with Crippen LogP contribution in [0.1, 0.15) is 25.3 Å². The molecule has 0 bridgehead atoms. The number of halogens is 2. The van der Waals surface area contributed by atoms with Crippen molar-refractivity contribution in [1.82, 2.24) is 29.9 Å². The summed E-state index contributed by atoms with van der Waals surface area (Å²) in [5, 5.41) is 17.8. The maximum atomic E-state index is 14.7. The first kappa shape index (κ1) is 22.6. The maximum absolute atomic E-state index is 14.7. The average molecular weight is 481 g/mol. The summed E-state index contributed by atoms with van der Waals surface area (Å²) in [6.07, 6.45) is 3.13. The number of hydrogen-bond acceptors (Lipinski definition) is 8. The fourth-order valence-electron chi connectivity index (χ4n) is 3.97. The third-order valence-corrected chi connectivity index (χ3v) is 6.23. The SMILES string of the molecule is CC1(C(=O)O)CCN(c2nc(-c3nc(-c4ccon4)n(Cc4ccccc4F)n3)ncc2F)CC1. The van der Waals surface area contributed by atoms with E-state index in [-0.39, 0.29) is 24.0 Å². The Morgan fingerprint density at radius 1 is 1.11 bits per heavy atom. The summed E-state index contributed by atoms with van der Waals surface area (Å²) in [6.45, 7) is 2.41. The van der Waals surface area contributed by atoms with Crippen molar-refractivity contribution in [3.63, 3.8) is 0 Å². The fraction of sp³-hybridized carbons (Fsp3) is 0.304. The summed E-state index contributed by atoms with van der Waals surface area (Å²) in [6, 6.07) is 7.89. The molecular formula is C23H21F2N7O3. The van der Waals surface area contributed by atoms with E-state index in [9.17, 15) is 18.7 Å². The van der Waals surface area contributed by atoms with E-state index in [1.54, 1.807) is 36.1 Å². The van der Waals surface area contributed by atoms with E-state index in [1.165, 1.54) is 17.0 Å². The molecule has 1 N–H and O–H groups in total. The van der Waals surface area contributed by atoms with E-state index in [1.807, 2.05) is 0 Å². The maximum Gasteiger partial charge on any atom is 0.309 e. The van der Waals surface area contributed by atoms with Gasteiger partial charge in [0.05, 0.1) is 18.2 Å². The van der Waals surface area contributed by atoms with Crippen LogP contribution >= 0.6 is 0 Å². The van der Waals surface area contributed by atoms with Gasteiger partial charge in [0.15, 0.2) is 23.2 Å². The lowest BCUT2D eigenvalue weighted by molar-refractivity contribution is -0.149. The number of nitrogens with zero attached hydrogens (tertiary/aromatic N) is 7. The van der Waals surface area contributed by atoms with Crippen molar-refractivity contribution >= 4 is 11.8 Å². The monoisotopic (exact) mass is 481 g/mol. The van der Waals surface area contributed by atoms with Crippen molar-refractivity contribution in [2.45, 2.75) is 26.3 Å². The fourth-order valence-corrected chi connectivity index (χ4v) is 3.97. The molecule has 0 aliphatic carbocycles. The van der Waals surface area contributed by atoms with E-state index in [4.69, 9.17) is 4.52 Å². The average Bonchev–Trinajstić information content (AvgIpc) is 3.52. The Bertz CT molecular complexity index is 1370. The van der Waals surface area contributed by atoms with Gasteiger partial charge in [0.1, 0.15) is 12.1 Å². The van der Waals surface area contributed by atoms with Crippen molar-refractivity contribution in [2.24, 2.45) is 5.41 Å². The smallest absolute Gasteiger partial charge is 0.309 e. The van der Waals surface area contributed by atoms with Gasteiger partial charge in [-0.2, -0.15) is 0 Å². The summed E-state index contributed by atoms with van der Waals surface area (Å²) in [5.41, 5.74) is -0.0850. The Morgan fingerprint density at radius 3 is 2.57 bits per heavy atom. The largest absolute Gasteiger partial charge is 0.481 e. The molecule has 1 aliphatic rings. The number of carbonyl (C=O) groups is 1. The van der Waals surface area contributed by atoms with Gasteiger partial charge in [0.25, 0.3) is 0 Å². The number of piperidine rings is 1. The standard InChI is InChI=1S/C23H21F2N7O3/c1-23(22(33)34)7-9-31(10-8-23)20-16(25)12-26-18(27-20)19-28-21(17-6-11-35-30-17)32(29-19)13-14-4-2-3-5-15(14)24/h2-6,11-12H,7-10,13H2,1H3,(H,33,34). The summed E-state index contributed by atoms with van der Waals surface area (Å²) in [4.78, 5) is 26.1. The first-order valence-electron chi connectivity index (χ1n) is 10.9.